The highest BCUT2D eigenvalue weighted by Crippen LogP contribution is 2.27. The van der Waals surface area contributed by atoms with Crippen molar-refractivity contribution in [3.05, 3.63) is 30.1 Å². The van der Waals surface area contributed by atoms with Gasteiger partial charge < -0.3 is 6.15 Å². The molecular formula is C6H7F3N2. The lowest BCUT2D eigenvalue weighted by Gasteiger charge is -2.03. The van der Waals surface area contributed by atoms with E-state index in [0.29, 0.717) is 0 Å². The first-order valence-corrected chi connectivity index (χ1v) is 2.58. The van der Waals surface area contributed by atoms with Crippen molar-refractivity contribution in [1.29, 1.82) is 0 Å². The molecule has 0 aliphatic carbocycles. The second-order valence-corrected chi connectivity index (χ2v) is 1.73. The predicted octanol–water partition coefficient (Wildman–Crippen LogP) is 2.26. The van der Waals surface area contributed by atoms with E-state index in [1.807, 2.05) is 0 Å². The van der Waals surface area contributed by atoms with Crippen LogP contribution in [0.15, 0.2) is 24.5 Å². The number of hydrogen-bond donors (Lipinski definition) is 1. The summed E-state index contributed by atoms with van der Waals surface area (Å²) in [6.07, 6.45) is -2.02. The van der Waals surface area contributed by atoms with Gasteiger partial charge in [0.2, 0.25) is 0 Å². The monoisotopic (exact) mass is 164 g/mol. The van der Waals surface area contributed by atoms with Gasteiger partial charge in [-0.1, -0.05) is 0 Å². The summed E-state index contributed by atoms with van der Waals surface area (Å²) in [6.45, 7) is 0. The van der Waals surface area contributed by atoms with Gasteiger partial charge in [-0.25, -0.2) is 0 Å². The molecule has 1 aromatic heterocycles. The highest BCUT2D eigenvalue weighted by Gasteiger charge is 2.29. The molecule has 0 saturated carbocycles. The molecule has 0 saturated heterocycles. The summed E-state index contributed by atoms with van der Waals surface area (Å²) in [5, 5.41) is 0. The maximum absolute atomic E-state index is 11.8. The molecule has 0 atom stereocenters. The topological polar surface area (TPSA) is 47.9 Å². The summed E-state index contributed by atoms with van der Waals surface area (Å²) >= 11 is 0. The van der Waals surface area contributed by atoms with Crippen LogP contribution in [-0.4, -0.2) is 4.98 Å². The smallest absolute Gasteiger partial charge is 0.344 e. The molecule has 0 radical (unpaired) electrons. The van der Waals surface area contributed by atoms with Gasteiger partial charge in [0.05, 0.1) is 5.56 Å². The van der Waals surface area contributed by atoms with Crippen molar-refractivity contribution in [3.8, 4) is 0 Å². The molecule has 0 aliphatic heterocycles. The molecule has 1 aromatic rings. The third-order valence-electron chi connectivity index (χ3n) is 1.01. The minimum Gasteiger partial charge on any atom is -0.344 e. The first-order valence-electron chi connectivity index (χ1n) is 2.58. The van der Waals surface area contributed by atoms with Crippen molar-refractivity contribution in [2.24, 2.45) is 0 Å². The molecule has 0 bridgehead atoms. The lowest BCUT2D eigenvalue weighted by Crippen LogP contribution is -2.03. The Morgan fingerprint density at radius 3 is 1.82 bits per heavy atom. The van der Waals surface area contributed by atoms with Gasteiger partial charge in [-0.2, -0.15) is 13.2 Å². The van der Waals surface area contributed by atoms with Crippen molar-refractivity contribution >= 4 is 0 Å². The molecule has 5 heteroatoms. The minimum atomic E-state index is -4.25. The van der Waals surface area contributed by atoms with Crippen LogP contribution in [0.2, 0.25) is 0 Å². The number of rotatable bonds is 0. The van der Waals surface area contributed by atoms with E-state index < -0.39 is 11.7 Å². The lowest BCUT2D eigenvalue weighted by molar-refractivity contribution is -0.137. The number of pyridine rings is 1. The number of aromatic nitrogens is 1. The highest BCUT2D eigenvalue weighted by molar-refractivity contribution is 5.12. The second kappa shape index (κ2) is 3.34. The Bertz CT molecular complexity index is 207. The van der Waals surface area contributed by atoms with Gasteiger partial charge >= 0.3 is 6.18 Å². The van der Waals surface area contributed by atoms with Crippen LogP contribution in [0.25, 0.3) is 0 Å². The Kier molecular flexibility index (Phi) is 3.00. The molecule has 3 N–H and O–H groups in total. The van der Waals surface area contributed by atoms with Gasteiger partial charge in [0.15, 0.2) is 0 Å². The number of alkyl halides is 3. The van der Waals surface area contributed by atoms with Crippen molar-refractivity contribution in [3.63, 3.8) is 0 Å². The molecule has 0 amide bonds. The number of halogens is 3. The molecule has 2 nitrogen and oxygen atoms in total. The minimum absolute atomic E-state index is 0. The van der Waals surface area contributed by atoms with Crippen molar-refractivity contribution in [1.82, 2.24) is 11.1 Å². The fraction of sp³-hybridized carbons (Fsp3) is 0.167. The molecule has 0 fully saturated rings. The van der Waals surface area contributed by atoms with Crippen molar-refractivity contribution < 1.29 is 13.2 Å². The first kappa shape index (κ1) is 9.90. The van der Waals surface area contributed by atoms with E-state index in [9.17, 15) is 13.2 Å². The zero-order chi connectivity index (χ0) is 7.61. The Labute approximate surface area is 61.6 Å². The Hall–Kier alpha value is -1.10. The molecular weight excluding hydrogens is 157 g/mol. The molecule has 62 valence electrons. The molecule has 0 aliphatic rings. The molecule has 1 rings (SSSR count). The van der Waals surface area contributed by atoms with E-state index in [-0.39, 0.29) is 6.15 Å². The predicted molar refractivity (Wildman–Crippen MR) is 34.3 cm³/mol. The summed E-state index contributed by atoms with van der Waals surface area (Å²) < 4.78 is 35.3. The third kappa shape index (κ3) is 2.55. The van der Waals surface area contributed by atoms with E-state index in [1.165, 1.54) is 0 Å². The van der Waals surface area contributed by atoms with Gasteiger partial charge in [-0.05, 0) is 12.1 Å². The maximum Gasteiger partial charge on any atom is 0.416 e. The Morgan fingerprint density at radius 1 is 1.09 bits per heavy atom. The average molecular weight is 164 g/mol. The van der Waals surface area contributed by atoms with Crippen LogP contribution in [0.1, 0.15) is 5.56 Å². The van der Waals surface area contributed by atoms with Crippen molar-refractivity contribution in [2.75, 3.05) is 0 Å². The van der Waals surface area contributed by atoms with Crippen LogP contribution >= 0.6 is 0 Å². The molecule has 0 unspecified atom stereocenters. The average Bonchev–Trinajstić information content (AvgIpc) is 1.88. The summed E-state index contributed by atoms with van der Waals surface area (Å²) in [4.78, 5) is 3.46. The summed E-state index contributed by atoms with van der Waals surface area (Å²) in [5.74, 6) is 0. The van der Waals surface area contributed by atoms with E-state index in [2.05, 4.69) is 4.98 Å². The fourth-order valence-corrected chi connectivity index (χ4v) is 0.541. The number of nitrogens with zero attached hydrogens (tertiary/aromatic N) is 1. The zero-order valence-electron chi connectivity index (χ0n) is 5.60. The Balaban J connectivity index is 0.000001000. The second-order valence-electron chi connectivity index (χ2n) is 1.73. The van der Waals surface area contributed by atoms with Crippen LogP contribution < -0.4 is 6.15 Å². The summed E-state index contributed by atoms with van der Waals surface area (Å²) in [6, 6.07) is 1.86. The molecule has 0 aromatic carbocycles. The van der Waals surface area contributed by atoms with E-state index in [0.717, 1.165) is 24.5 Å². The highest BCUT2D eigenvalue weighted by atomic mass is 19.4. The molecule has 1 heterocycles. The van der Waals surface area contributed by atoms with Crippen LogP contribution in [-0.2, 0) is 6.18 Å². The van der Waals surface area contributed by atoms with Crippen LogP contribution in [0.3, 0.4) is 0 Å². The Morgan fingerprint density at radius 2 is 1.55 bits per heavy atom. The van der Waals surface area contributed by atoms with Gasteiger partial charge in [0, 0.05) is 12.4 Å². The molecule has 0 spiro atoms. The van der Waals surface area contributed by atoms with Crippen LogP contribution in [0.5, 0.6) is 0 Å². The summed E-state index contributed by atoms with van der Waals surface area (Å²) in [7, 11) is 0. The fourth-order valence-electron chi connectivity index (χ4n) is 0.541. The standard InChI is InChI=1S/C6H4F3N.H3N/c7-6(8,9)5-1-3-10-4-2-5;/h1-4H;1H3. The van der Waals surface area contributed by atoms with E-state index in [4.69, 9.17) is 0 Å². The summed E-state index contributed by atoms with van der Waals surface area (Å²) in [5.41, 5.74) is -0.664. The van der Waals surface area contributed by atoms with Gasteiger partial charge in [0.1, 0.15) is 0 Å². The van der Waals surface area contributed by atoms with Crippen molar-refractivity contribution in [2.45, 2.75) is 6.18 Å². The maximum atomic E-state index is 11.8. The van der Waals surface area contributed by atoms with Crippen LogP contribution in [0.4, 0.5) is 13.2 Å². The number of hydrogen-bond acceptors (Lipinski definition) is 2. The third-order valence-corrected chi connectivity index (χ3v) is 1.01. The van der Waals surface area contributed by atoms with Gasteiger partial charge in [0.25, 0.3) is 0 Å². The largest absolute Gasteiger partial charge is 0.416 e. The van der Waals surface area contributed by atoms with Gasteiger partial charge in [-0.3, -0.25) is 4.98 Å². The molecule has 11 heavy (non-hydrogen) atoms. The normalized spacial score (nSPS) is 10.5. The van der Waals surface area contributed by atoms with E-state index in [1.54, 1.807) is 0 Å². The van der Waals surface area contributed by atoms with Crippen LogP contribution in [0, 0.1) is 0 Å². The first-order chi connectivity index (χ1) is 4.61. The quantitative estimate of drug-likeness (QED) is 0.639. The SMILES string of the molecule is FC(F)(F)c1ccncc1.N. The lowest BCUT2D eigenvalue weighted by atomic mass is 10.3. The zero-order valence-corrected chi connectivity index (χ0v) is 5.60. The van der Waals surface area contributed by atoms with Gasteiger partial charge in [-0.15, -0.1) is 0 Å². The van der Waals surface area contributed by atoms with E-state index >= 15 is 0 Å².